The Morgan fingerprint density at radius 1 is 0.950 bits per heavy atom. The molecule has 0 aromatic heterocycles. The summed E-state index contributed by atoms with van der Waals surface area (Å²) in [6, 6.07) is 11.5. The van der Waals surface area contributed by atoms with Gasteiger partial charge >= 0.3 is 6.03 Å². The maximum Gasteiger partial charge on any atom is 0.333 e. The van der Waals surface area contributed by atoms with Gasteiger partial charge in [0.05, 0.1) is 4.90 Å². The van der Waals surface area contributed by atoms with Gasteiger partial charge in [0.2, 0.25) is 0 Å². The minimum absolute atomic E-state index is 0.0192. The summed E-state index contributed by atoms with van der Waals surface area (Å²) in [7, 11) is -3.92. The number of sulfonamides is 1. The van der Waals surface area contributed by atoms with Gasteiger partial charge in [-0.3, -0.25) is 0 Å². The number of amides is 2. The second kappa shape index (κ2) is 5.70. The second-order valence-electron chi connectivity index (χ2n) is 3.88. The summed E-state index contributed by atoms with van der Waals surface area (Å²) in [5.74, 6) is -0.451. The van der Waals surface area contributed by atoms with Gasteiger partial charge in [-0.15, -0.1) is 0 Å². The van der Waals surface area contributed by atoms with Gasteiger partial charge in [-0.2, -0.15) is 0 Å². The zero-order chi connectivity index (χ0) is 14.6. The van der Waals surface area contributed by atoms with Gasteiger partial charge in [-0.1, -0.05) is 18.2 Å². The molecule has 5 nitrogen and oxygen atoms in total. The first-order valence-corrected chi connectivity index (χ1v) is 7.10. The van der Waals surface area contributed by atoms with Gasteiger partial charge in [-0.05, 0) is 36.4 Å². The third kappa shape index (κ3) is 3.55. The van der Waals surface area contributed by atoms with Crippen molar-refractivity contribution in [1.29, 1.82) is 0 Å². The molecule has 0 saturated heterocycles. The number of hydrogen-bond donors (Lipinski definition) is 2. The van der Waals surface area contributed by atoms with E-state index in [1.807, 2.05) is 4.72 Å². The highest BCUT2D eigenvalue weighted by molar-refractivity contribution is 7.90. The summed E-state index contributed by atoms with van der Waals surface area (Å²) < 4.78 is 38.3. The number of rotatable bonds is 3. The van der Waals surface area contributed by atoms with Crippen LogP contribution in [0.5, 0.6) is 0 Å². The predicted molar refractivity (Wildman–Crippen MR) is 72.2 cm³/mol. The summed E-state index contributed by atoms with van der Waals surface area (Å²) in [6.45, 7) is 0. The largest absolute Gasteiger partial charge is 0.333 e. The maximum atomic E-state index is 12.7. The van der Waals surface area contributed by atoms with Crippen molar-refractivity contribution >= 4 is 21.7 Å². The van der Waals surface area contributed by atoms with E-state index in [4.69, 9.17) is 0 Å². The van der Waals surface area contributed by atoms with Gasteiger partial charge < -0.3 is 5.32 Å². The SMILES string of the molecule is O=C(Nc1ccc(F)cc1)NS(=O)(=O)c1ccccc1. The molecule has 0 aliphatic rings. The van der Waals surface area contributed by atoms with Crippen LogP contribution in [0.25, 0.3) is 0 Å². The number of hydrogen-bond acceptors (Lipinski definition) is 3. The molecule has 2 amide bonds. The molecule has 0 unspecified atom stereocenters. The molecule has 0 radical (unpaired) electrons. The Kier molecular flexibility index (Phi) is 3.99. The lowest BCUT2D eigenvalue weighted by Gasteiger charge is -2.08. The average Bonchev–Trinajstić information content (AvgIpc) is 2.42. The fourth-order valence-electron chi connectivity index (χ4n) is 1.47. The van der Waals surface area contributed by atoms with E-state index in [2.05, 4.69) is 5.32 Å². The van der Waals surface area contributed by atoms with Crippen molar-refractivity contribution in [3.63, 3.8) is 0 Å². The molecular formula is C13H11FN2O3S. The average molecular weight is 294 g/mol. The van der Waals surface area contributed by atoms with Gasteiger partial charge in [0.1, 0.15) is 5.82 Å². The molecule has 104 valence electrons. The molecule has 0 fully saturated rings. The number of halogens is 1. The first-order chi connectivity index (χ1) is 9.47. The zero-order valence-electron chi connectivity index (χ0n) is 10.2. The summed E-state index contributed by atoms with van der Waals surface area (Å²) >= 11 is 0. The molecule has 0 bridgehead atoms. The van der Waals surface area contributed by atoms with Crippen LogP contribution in [0, 0.1) is 5.82 Å². The van der Waals surface area contributed by atoms with Crippen molar-refractivity contribution in [3.05, 3.63) is 60.4 Å². The van der Waals surface area contributed by atoms with Crippen molar-refractivity contribution in [2.45, 2.75) is 4.90 Å². The van der Waals surface area contributed by atoms with E-state index in [1.165, 1.54) is 24.3 Å². The normalized spacial score (nSPS) is 10.8. The van der Waals surface area contributed by atoms with Crippen molar-refractivity contribution in [3.8, 4) is 0 Å². The number of carbonyl (C=O) groups excluding carboxylic acids is 1. The minimum atomic E-state index is -3.92. The van der Waals surface area contributed by atoms with Crippen molar-refractivity contribution in [2.75, 3.05) is 5.32 Å². The van der Waals surface area contributed by atoms with E-state index in [9.17, 15) is 17.6 Å². The molecule has 0 saturated carbocycles. The number of benzene rings is 2. The van der Waals surface area contributed by atoms with Crippen LogP contribution in [0.1, 0.15) is 0 Å². The van der Waals surface area contributed by atoms with E-state index >= 15 is 0 Å². The van der Waals surface area contributed by atoms with E-state index in [0.717, 1.165) is 12.1 Å². The number of urea groups is 1. The maximum absolute atomic E-state index is 12.7. The van der Waals surface area contributed by atoms with Crippen molar-refractivity contribution < 1.29 is 17.6 Å². The van der Waals surface area contributed by atoms with Gasteiger partial charge in [0.15, 0.2) is 0 Å². The summed E-state index contributed by atoms with van der Waals surface area (Å²) in [6.07, 6.45) is 0. The molecule has 2 aromatic carbocycles. The summed E-state index contributed by atoms with van der Waals surface area (Å²) in [5.41, 5.74) is 0.284. The van der Waals surface area contributed by atoms with Crippen LogP contribution in [0.2, 0.25) is 0 Å². The Morgan fingerprint density at radius 2 is 1.55 bits per heavy atom. The van der Waals surface area contributed by atoms with Crippen LogP contribution in [0.3, 0.4) is 0 Å². The Bertz CT molecular complexity index is 700. The van der Waals surface area contributed by atoms with Crippen LogP contribution in [-0.2, 0) is 10.0 Å². The standard InChI is InChI=1S/C13H11FN2O3S/c14-10-6-8-11(9-7-10)15-13(17)16-20(18,19)12-4-2-1-3-5-12/h1-9H,(H2,15,16,17). The quantitative estimate of drug-likeness (QED) is 0.912. The van der Waals surface area contributed by atoms with E-state index in [-0.39, 0.29) is 10.6 Å². The van der Waals surface area contributed by atoms with Crippen LogP contribution in [0.15, 0.2) is 59.5 Å². The lowest BCUT2D eigenvalue weighted by Crippen LogP contribution is -2.34. The molecule has 2 rings (SSSR count). The lowest BCUT2D eigenvalue weighted by atomic mass is 10.3. The molecule has 2 aromatic rings. The predicted octanol–water partition coefficient (Wildman–Crippen LogP) is 2.34. The van der Waals surface area contributed by atoms with E-state index in [1.54, 1.807) is 18.2 Å². The molecule has 0 heterocycles. The van der Waals surface area contributed by atoms with Gasteiger partial charge in [-0.25, -0.2) is 22.3 Å². The first-order valence-electron chi connectivity index (χ1n) is 5.62. The fourth-order valence-corrected chi connectivity index (χ4v) is 2.40. The Morgan fingerprint density at radius 3 is 2.15 bits per heavy atom. The Hall–Kier alpha value is -2.41. The molecular weight excluding hydrogens is 283 g/mol. The Balaban J connectivity index is 2.06. The van der Waals surface area contributed by atoms with E-state index in [0.29, 0.717) is 0 Å². The highest BCUT2D eigenvalue weighted by Crippen LogP contribution is 2.10. The number of nitrogens with one attached hydrogen (secondary N) is 2. The van der Waals surface area contributed by atoms with Gasteiger partial charge in [0.25, 0.3) is 10.0 Å². The fraction of sp³-hybridized carbons (Fsp3) is 0. The van der Waals surface area contributed by atoms with E-state index < -0.39 is 21.9 Å². The smallest absolute Gasteiger partial charge is 0.307 e. The molecule has 0 atom stereocenters. The van der Waals surface area contributed by atoms with Crippen LogP contribution < -0.4 is 10.0 Å². The topological polar surface area (TPSA) is 75.3 Å². The third-order valence-electron chi connectivity index (χ3n) is 2.38. The van der Waals surface area contributed by atoms with Crippen LogP contribution in [0.4, 0.5) is 14.9 Å². The molecule has 0 aliphatic carbocycles. The minimum Gasteiger partial charge on any atom is -0.307 e. The molecule has 2 N–H and O–H groups in total. The summed E-state index contributed by atoms with van der Waals surface area (Å²) in [4.78, 5) is 11.6. The summed E-state index contributed by atoms with van der Waals surface area (Å²) in [5, 5.41) is 2.30. The molecule has 7 heteroatoms. The number of anilines is 1. The van der Waals surface area contributed by atoms with Gasteiger partial charge in [0, 0.05) is 5.69 Å². The van der Waals surface area contributed by atoms with Crippen molar-refractivity contribution in [2.24, 2.45) is 0 Å². The highest BCUT2D eigenvalue weighted by Gasteiger charge is 2.16. The number of carbonyl (C=O) groups is 1. The Labute approximate surface area is 115 Å². The second-order valence-corrected chi connectivity index (χ2v) is 5.56. The highest BCUT2D eigenvalue weighted by atomic mass is 32.2. The van der Waals surface area contributed by atoms with Crippen molar-refractivity contribution in [1.82, 2.24) is 4.72 Å². The lowest BCUT2D eigenvalue weighted by molar-refractivity contribution is 0.256. The molecule has 20 heavy (non-hydrogen) atoms. The third-order valence-corrected chi connectivity index (χ3v) is 3.73. The zero-order valence-corrected chi connectivity index (χ0v) is 11.0. The van der Waals surface area contributed by atoms with Crippen LogP contribution in [-0.4, -0.2) is 14.4 Å². The van der Waals surface area contributed by atoms with Crippen LogP contribution >= 0.6 is 0 Å². The first kappa shape index (κ1) is 14.0. The molecule has 0 spiro atoms. The monoisotopic (exact) mass is 294 g/mol. The molecule has 0 aliphatic heterocycles.